The van der Waals surface area contributed by atoms with Gasteiger partial charge in [0, 0.05) is 8.99 Å². The Bertz CT molecular complexity index is 835. The lowest BCUT2D eigenvalue weighted by molar-refractivity contribution is 0.660. The molecular weight excluding hydrogens is 391 g/mol. The molecule has 0 fully saturated rings. The summed E-state index contributed by atoms with van der Waals surface area (Å²) < 4.78 is 1.22. The van der Waals surface area contributed by atoms with E-state index in [2.05, 4.69) is 104 Å². The summed E-state index contributed by atoms with van der Waals surface area (Å²) in [6.07, 6.45) is 6.29. The molecule has 0 amide bonds. The van der Waals surface area contributed by atoms with Crippen molar-refractivity contribution < 1.29 is 0 Å². The molecule has 1 heteroatoms. The van der Waals surface area contributed by atoms with E-state index in [9.17, 15) is 0 Å². The molecule has 0 bridgehead atoms. The fraction of sp³-hybridized carbons (Fsp3) is 0.182. The zero-order valence-corrected chi connectivity index (χ0v) is 16.0. The van der Waals surface area contributed by atoms with Crippen molar-refractivity contribution in [2.24, 2.45) is 0 Å². The van der Waals surface area contributed by atoms with Gasteiger partial charge in [0.05, 0.1) is 0 Å². The Morgan fingerprint density at radius 1 is 1.00 bits per heavy atom. The van der Waals surface area contributed by atoms with Crippen LogP contribution in [0.2, 0.25) is 0 Å². The minimum Gasteiger partial charge on any atom is -0.0912 e. The van der Waals surface area contributed by atoms with Gasteiger partial charge in [0.1, 0.15) is 0 Å². The quantitative estimate of drug-likeness (QED) is 0.380. The lowest BCUT2D eigenvalue weighted by atomic mass is 9.81. The van der Waals surface area contributed by atoms with Gasteiger partial charge in [-0.1, -0.05) is 69.0 Å². The molecule has 2 aromatic rings. The topological polar surface area (TPSA) is 0 Å². The molecule has 3 rings (SSSR count). The zero-order valence-electron chi connectivity index (χ0n) is 13.9. The first kappa shape index (κ1) is 16.3. The van der Waals surface area contributed by atoms with Gasteiger partial charge in [-0.2, -0.15) is 0 Å². The molecule has 1 aliphatic carbocycles. The summed E-state index contributed by atoms with van der Waals surface area (Å²) in [4.78, 5) is 0. The first-order chi connectivity index (χ1) is 10.9. The summed E-state index contributed by atoms with van der Waals surface area (Å²) in [5, 5.41) is 0. The van der Waals surface area contributed by atoms with Crippen LogP contribution < -0.4 is 0 Å². The van der Waals surface area contributed by atoms with Crippen LogP contribution in [0.25, 0.3) is 16.7 Å². The van der Waals surface area contributed by atoms with E-state index in [4.69, 9.17) is 0 Å². The van der Waals surface area contributed by atoms with Crippen LogP contribution in [-0.2, 0) is 5.41 Å². The number of fused-ring (bicyclic) bond motifs is 3. The molecule has 0 aliphatic heterocycles. The van der Waals surface area contributed by atoms with Gasteiger partial charge in [0.15, 0.2) is 0 Å². The normalized spacial score (nSPS) is 15.6. The summed E-state index contributed by atoms with van der Waals surface area (Å²) in [6.45, 7) is 10.9. The van der Waals surface area contributed by atoms with Gasteiger partial charge in [-0.05, 0) is 75.0 Å². The maximum Gasteiger partial charge on any atom is 0.0159 e. The Morgan fingerprint density at radius 2 is 1.70 bits per heavy atom. The third-order valence-electron chi connectivity index (χ3n) is 4.67. The molecular formula is C22H21I. The van der Waals surface area contributed by atoms with Gasteiger partial charge in [-0.15, -0.1) is 0 Å². The second kappa shape index (κ2) is 6.12. The number of hydrogen-bond donors (Lipinski definition) is 0. The fourth-order valence-electron chi connectivity index (χ4n) is 3.28. The molecule has 0 radical (unpaired) electrons. The van der Waals surface area contributed by atoms with E-state index in [1.54, 1.807) is 0 Å². The number of benzene rings is 2. The zero-order chi connectivity index (χ0) is 16.6. The second-order valence-corrected chi connectivity index (χ2v) is 7.71. The van der Waals surface area contributed by atoms with Crippen LogP contribution in [0.5, 0.6) is 0 Å². The molecule has 0 spiro atoms. The summed E-state index contributed by atoms with van der Waals surface area (Å²) in [7, 11) is 0. The molecule has 0 saturated heterocycles. The molecule has 0 heterocycles. The minimum atomic E-state index is 0.0453. The van der Waals surface area contributed by atoms with Gasteiger partial charge in [-0.25, -0.2) is 0 Å². The second-order valence-electron chi connectivity index (χ2n) is 6.46. The van der Waals surface area contributed by atoms with Crippen LogP contribution >= 0.6 is 22.6 Å². The molecule has 0 N–H and O–H groups in total. The van der Waals surface area contributed by atoms with Crippen LogP contribution in [0.1, 0.15) is 37.5 Å². The Kier molecular flexibility index (Phi) is 4.33. The summed E-state index contributed by atoms with van der Waals surface area (Å²) in [5.41, 5.74) is 7.82. The van der Waals surface area contributed by atoms with Crippen LogP contribution in [-0.4, -0.2) is 0 Å². The van der Waals surface area contributed by atoms with Crippen LogP contribution in [0.4, 0.5) is 0 Å². The van der Waals surface area contributed by atoms with E-state index in [-0.39, 0.29) is 5.41 Å². The van der Waals surface area contributed by atoms with Gasteiger partial charge in [0.25, 0.3) is 0 Å². The van der Waals surface area contributed by atoms with Crippen molar-refractivity contribution in [2.75, 3.05) is 0 Å². The van der Waals surface area contributed by atoms with Crippen LogP contribution in [0.3, 0.4) is 0 Å². The molecule has 23 heavy (non-hydrogen) atoms. The Labute approximate surface area is 152 Å². The highest BCUT2D eigenvalue weighted by atomic mass is 127. The van der Waals surface area contributed by atoms with Gasteiger partial charge in [-0.3, -0.25) is 0 Å². The third-order valence-corrected chi connectivity index (χ3v) is 5.66. The SMILES string of the molecule is C=C(/C=C\C(I)=C/C)c1ccc2c(c1)C(C)(C)c1ccccc1-2. The molecule has 1 aliphatic rings. The van der Waals surface area contributed by atoms with Gasteiger partial charge < -0.3 is 0 Å². The van der Waals surface area contributed by atoms with E-state index >= 15 is 0 Å². The maximum absolute atomic E-state index is 4.24. The standard InChI is InChI=1S/C22H21I/c1-5-17(23)12-10-15(2)16-11-13-19-18-8-6-7-9-20(18)22(3,4)21(19)14-16/h5-14H,2H2,1,3-4H3/b12-10-,17-5+. The van der Waals surface area contributed by atoms with E-state index in [1.807, 2.05) is 6.92 Å². The highest BCUT2D eigenvalue weighted by molar-refractivity contribution is 14.1. The molecule has 0 atom stereocenters. The average molecular weight is 412 g/mol. The van der Waals surface area contributed by atoms with Crippen molar-refractivity contribution in [3.05, 3.63) is 87.5 Å². The number of halogens is 1. The molecule has 0 aromatic heterocycles. The highest BCUT2D eigenvalue weighted by Crippen LogP contribution is 2.48. The third kappa shape index (κ3) is 2.83. The lowest BCUT2D eigenvalue weighted by Crippen LogP contribution is -2.15. The molecule has 2 aromatic carbocycles. The van der Waals surface area contributed by atoms with Crippen LogP contribution in [0, 0.1) is 0 Å². The van der Waals surface area contributed by atoms with Crippen LogP contribution in [0.15, 0.2) is 70.9 Å². The number of hydrogen-bond acceptors (Lipinski definition) is 0. The molecule has 0 saturated carbocycles. The first-order valence-electron chi connectivity index (χ1n) is 7.88. The molecule has 0 nitrogen and oxygen atoms in total. The maximum atomic E-state index is 4.24. The van der Waals surface area contributed by atoms with Gasteiger partial charge in [0.2, 0.25) is 0 Å². The Balaban J connectivity index is 2.04. The number of allylic oxidation sites excluding steroid dienone is 5. The van der Waals surface area contributed by atoms with E-state index in [0.717, 1.165) is 5.57 Å². The Hall–Kier alpha value is -1.61. The lowest BCUT2D eigenvalue weighted by Gasteiger charge is -2.22. The molecule has 0 unspecified atom stereocenters. The van der Waals surface area contributed by atoms with Crippen molar-refractivity contribution in [3.8, 4) is 11.1 Å². The van der Waals surface area contributed by atoms with E-state index < -0.39 is 0 Å². The van der Waals surface area contributed by atoms with Crippen molar-refractivity contribution in [2.45, 2.75) is 26.2 Å². The molecule has 116 valence electrons. The van der Waals surface area contributed by atoms with Crippen molar-refractivity contribution in [3.63, 3.8) is 0 Å². The van der Waals surface area contributed by atoms with E-state index in [0.29, 0.717) is 0 Å². The van der Waals surface area contributed by atoms with Crippen molar-refractivity contribution in [1.82, 2.24) is 0 Å². The van der Waals surface area contributed by atoms with E-state index in [1.165, 1.54) is 31.4 Å². The monoisotopic (exact) mass is 412 g/mol. The smallest absolute Gasteiger partial charge is 0.0159 e. The van der Waals surface area contributed by atoms with Crippen molar-refractivity contribution in [1.29, 1.82) is 0 Å². The predicted octanol–water partition coefficient (Wildman–Crippen LogP) is 6.90. The summed E-state index contributed by atoms with van der Waals surface area (Å²) in [6, 6.07) is 15.5. The first-order valence-corrected chi connectivity index (χ1v) is 8.96. The largest absolute Gasteiger partial charge is 0.0912 e. The average Bonchev–Trinajstić information content (AvgIpc) is 2.80. The Morgan fingerprint density at radius 3 is 2.43 bits per heavy atom. The summed E-state index contributed by atoms with van der Waals surface area (Å²) >= 11 is 2.33. The predicted molar refractivity (Wildman–Crippen MR) is 110 cm³/mol. The highest BCUT2D eigenvalue weighted by Gasteiger charge is 2.35. The summed E-state index contributed by atoms with van der Waals surface area (Å²) in [5.74, 6) is 0. The number of rotatable bonds is 3. The van der Waals surface area contributed by atoms with Gasteiger partial charge >= 0.3 is 0 Å². The minimum absolute atomic E-state index is 0.0453. The fourth-order valence-corrected chi connectivity index (χ4v) is 3.46. The van der Waals surface area contributed by atoms with Crippen molar-refractivity contribution >= 4 is 28.2 Å².